The van der Waals surface area contributed by atoms with Gasteiger partial charge < -0.3 is 10.1 Å². The fourth-order valence-electron chi connectivity index (χ4n) is 3.42. The molecule has 2 heteroatoms. The molecule has 1 aliphatic rings. The Hall–Kier alpha value is -1.28. The van der Waals surface area contributed by atoms with Gasteiger partial charge in [-0.3, -0.25) is 0 Å². The van der Waals surface area contributed by atoms with E-state index in [9.17, 15) is 5.11 Å². The van der Waals surface area contributed by atoms with Crippen LogP contribution in [0.5, 0.6) is 0 Å². The minimum atomic E-state index is -0.657. The molecule has 1 saturated carbocycles. The summed E-state index contributed by atoms with van der Waals surface area (Å²) in [6, 6.07) is 8.29. The molecule has 1 aromatic carbocycles. The fourth-order valence-corrected chi connectivity index (χ4v) is 3.42. The molecule has 0 saturated heterocycles. The van der Waals surface area contributed by atoms with Gasteiger partial charge in [-0.25, -0.2) is 0 Å². The van der Waals surface area contributed by atoms with E-state index >= 15 is 0 Å². The average Bonchev–Trinajstić information content (AvgIpc) is 2.79. The van der Waals surface area contributed by atoms with E-state index in [0.717, 1.165) is 36.8 Å². The number of nitrogens with one attached hydrogen (secondary N) is 1. The Morgan fingerprint density at radius 1 is 1.05 bits per heavy atom. The normalized spacial score (nSPS) is 27.3. The van der Waals surface area contributed by atoms with E-state index in [0.29, 0.717) is 5.41 Å². The first kappa shape index (κ1) is 12.7. The molecule has 1 heterocycles. The minimum Gasteiger partial charge on any atom is -0.385 e. The third kappa shape index (κ3) is 2.30. The first-order chi connectivity index (χ1) is 9.00. The summed E-state index contributed by atoms with van der Waals surface area (Å²) >= 11 is 0. The molecule has 0 bridgehead atoms. The number of aromatic nitrogens is 1. The molecule has 102 valence electrons. The van der Waals surface area contributed by atoms with Crippen LogP contribution in [0.25, 0.3) is 10.9 Å². The van der Waals surface area contributed by atoms with Crippen LogP contribution in [0, 0.1) is 5.41 Å². The average molecular weight is 257 g/mol. The number of fused-ring (bicyclic) bond motifs is 1. The van der Waals surface area contributed by atoms with Crippen molar-refractivity contribution in [3.8, 4) is 0 Å². The molecular formula is C17H23NO. The monoisotopic (exact) mass is 257 g/mol. The molecule has 0 aliphatic heterocycles. The number of H-pyrrole nitrogens is 1. The summed E-state index contributed by atoms with van der Waals surface area (Å²) in [6.45, 7) is 4.63. The Balaban J connectivity index is 2.02. The molecule has 0 spiro atoms. The van der Waals surface area contributed by atoms with E-state index < -0.39 is 5.60 Å². The summed E-state index contributed by atoms with van der Waals surface area (Å²) in [6.07, 6.45) is 7.09. The largest absolute Gasteiger partial charge is 0.385 e. The highest BCUT2D eigenvalue weighted by atomic mass is 16.3. The van der Waals surface area contributed by atoms with Gasteiger partial charge in [0, 0.05) is 17.1 Å². The number of hydrogen-bond donors (Lipinski definition) is 2. The summed E-state index contributed by atoms with van der Waals surface area (Å²) < 4.78 is 0. The van der Waals surface area contributed by atoms with Crippen molar-refractivity contribution < 1.29 is 5.11 Å². The van der Waals surface area contributed by atoms with Gasteiger partial charge in [0.1, 0.15) is 0 Å². The van der Waals surface area contributed by atoms with E-state index in [1.165, 1.54) is 11.8 Å². The van der Waals surface area contributed by atoms with Crippen LogP contribution in [0.2, 0.25) is 0 Å². The van der Waals surface area contributed by atoms with Crippen LogP contribution in [0.3, 0.4) is 0 Å². The molecule has 1 aromatic heterocycles. The zero-order valence-electron chi connectivity index (χ0n) is 11.9. The lowest BCUT2D eigenvalue weighted by atomic mass is 9.82. The van der Waals surface area contributed by atoms with Crippen molar-refractivity contribution in [2.45, 2.75) is 51.6 Å². The van der Waals surface area contributed by atoms with Gasteiger partial charge in [-0.2, -0.15) is 0 Å². The molecule has 2 nitrogen and oxygen atoms in total. The molecule has 2 N–H and O–H groups in total. The van der Waals surface area contributed by atoms with Gasteiger partial charge in [0.15, 0.2) is 0 Å². The van der Waals surface area contributed by atoms with Gasteiger partial charge in [-0.15, -0.1) is 0 Å². The summed E-state index contributed by atoms with van der Waals surface area (Å²) in [5.41, 5.74) is 1.92. The second-order valence-electron chi connectivity index (χ2n) is 6.79. The van der Waals surface area contributed by atoms with Gasteiger partial charge in [-0.1, -0.05) is 26.0 Å². The van der Waals surface area contributed by atoms with Crippen molar-refractivity contribution in [2.75, 3.05) is 0 Å². The van der Waals surface area contributed by atoms with Crippen molar-refractivity contribution in [1.82, 2.24) is 4.98 Å². The smallest absolute Gasteiger partial charge is 0.0903 e. The second kappa shape index (κ2) is 4.38. The fraction of sp³-hybridized carbons (Fsp3) is 0.529. The number of hydrogen-bond acceptors (Lipinski definition) is 1. The lowest BCUT2D eigenvalue weighted by molar-refractivity contribution is 0.0195. The summed E-state index contributed by atoms with van der Waals surface area (Å²) in [5, 5.41) is 12.3. The van der Waals surface area contributed by atoms with Crippen LogP contribution < -0.4 is 0 Å². The first-order valence-corrected chi connectivity index (χ1v) is 7.29. The number of benzene rings is 1. The van der Waals surface area contributed by atoms with Crippen molar-refractivity contribution in [3.63, 3.8) is 0 Å². The van der Waals surface area contributed by atoms with Crippen LogP contribution in [0.4, 0.5) is 0 Å². The first-order valence-electron chi connectivity index (χ1n) is 7.29. The van der Waals surface area contributed by atoms with E-state index in [1.54, 1.807) is 0 Å². The van der Waals surface area contributed by atoms with Crippen LogP contribution in [0.1, 0.15) is 51.5 Å². The van der Waals surface area contributed by atoms with Gasteiger partial charge >= 0.3 is 0 Å². The molecule has 0 amide bonds. The van der Waals surface area contributed by atoms with E-state index in [2.05, 4.69) is 37.0 Å². The minimum absolute atomic E-state index is 0.358. The summed E-state index contributed by atoms with van der Waals surface area (Å²) in [5.74, 6) is 0. The van der Waals surface area contributed by atoms with Crippen molar-refractivity contribution in [3.05, 3.63) is 36.0 Å². The van der Waals surface area contributed by atoms with Crippen LogP contribution in [0.15, 0.2) is 30.5 Å². The van der Waals surface area contributed by atoms with E-state index in [-0.39, 0.29) is 0 Å². The van der Waals surface area contributed by atoms with E-state index in [4.69, 9.17) is 0 Å². The summed E-state index contributed by atoms with van der Waals surface area (Å²) in [7, 11) is 0. The van der Waals surface area contributed by atoms with Crippen molar-refractivity contribution >= 4 is 10.9 Å². The highest BCUT2D eigenvalue weighted by molar-refractivity contribution is 5.83. The molecule has 19 heavy (non-hydrogen) atoms. The van der Waals surface area contributed by atoms with Crippen LogP contribution >= 0.6 is 0 Å². The Morgan fingerprint density at radius 2 is 1.89 bits per heavy atom. The van der Waals surface area contributed by atoms with Gasteiger partial charge in [-0.05, 0) is 55.2 Å². The quantitative estimate of drug-likeness (QED) is 0.732. The maximum Gasteiger partial charge on any atom is 0.0903 e. The molecule has 1 fully saturated rings. The zero-order chi connectivity index (χ0) is 13.5. The molecule has 0 radical (unpaired) electrons. The number of aromatic amines is 1. The Morgan fingerprint density at radius 3 is 2.74 bits per heavy atom. The highest BCUT2D eigenvalue weighted by Gasteiger charge is 2.36. The Labute approximate surface area is 114 Å². The second-order valence-corrected chi connectivity index (χ2v) is 6.79. The number of aliphatic hydroxyl groups is 1. The third-order valence-electron chi connectivity index (χ3n) is 4.76. The summed E-state index contributed by atoms with van der Waals surface area (Å²) in [4.78, 5) is 3.24. The predicted octanol–water partition coefficient (Wildman–Crippen LogP) is 4.35. The van der Waals surface area contributed by atoms with Crippen LogP contribution in [-0.4, -0.2) is 10.1 Å². The zero-order valence-corrected chi connectivity index (χ0v) is 11.9. The van der Waals surface area contributed by atoms with Gasteiger partial charge in [0.25, 0.3) is 0 Å². The van der Waals surface area contributed by atoms with Gasteiger partial charge in [0.05, 0.1) is 5.60 Å². The predicted molar refractivity (Wildman–Crippen MR) is 79.1 cm³/mol. The maximum absolute atomic E-state index is 11.2. The Kier molecular flexibility index (Phi) is 2.94. The lowest BCUT2D eigenvalue weighted by Crippen LogP contribution is -2.25. The molecule has 3 rings (SSSR count). The molecular weight excluding hydrogens is 234 g/mol. The van der Waals surface area contributed by atoms with E-state index in [1.807, 2.05) is 12.3 Å². The van der Waals surface area contributed by atoms with Gasteiger partial charge in [0.2, 0.25) is 0 Å². The molecule has 2 aromatic rings. The highest BCUT2D eigenvalue weighted by Crippen LogP contribution is 2.44. The SMILES string of the molecule is CC1(C)CCCC(O)(c2cccc3[nH]ccc23)CC1. The molecule has 1 aliphatic carbocycles. The van der Waals surface area contributed by atoms with Crippen LogP contribution in [-0.2, 0) is 5.60 Å². The standard InChI is InChI=1S/C17H23NO/c1-16(2)8-4-9-17(19,11-10-16)14-5-3-6-15-13(14)7-12-18-15/h3,5-7,12,18-19H,4,8-11H2,1-2H3. The number of rotatable bonds is 1. The maximum atomic E-state index is 11.2. The third-order valence-corrected chi connectivity index (χ3v) is 4.76. The lowest BCUT2D eigenvalue weighted by Gasteiger charge is -2.29. The van der Waals surface area contributed by atoms with Crippen molar-refractivity contribution in [1.29, 1.82) is 0 Å². The van der Waals surface area contributed by atoms with Crippen molar-refractivity contribution in [2.24, 2.45) is 5.41 Å². The topological polar surface area (TPSA) is 36.0 Å². The Bertz CT molecular complexity index is 584. The molecule has 1 unspecified atom stereocenters. The molecule has 1 atom stereocenters.